The Morgan fingerprint density at radius 1 is 0.815 bits per heavy atom. The highest BCUT2D eigenvalue weighted by Crippen LogP contribution is 2.31. The lowest BCUT2D eigenvalue weighted by atomic mass is 10.1. The van der Waals surface area contributed by atoms with Crippen LogP contribution in [0.4, 0.5) is 5.69 Å². The van der Waals surface area contributed by atoms with Crippen LogP contribution in [0.15, 0.2) is 84.9 Å². The number of carbonyl (C=O) groups is 1. The van der Waals surface area contributed by atoms with Gasteiger partial charge in [-0.1, -0.05) is 60.7 Å². The van der Waals surface area contributed by atoms with Crippen LogP contribution in [-0.4, -0.2) is 11.1 Å². The van der Waals surface area contributed by atoms with Gasteiger partial charge in [0.25, 0.3) is 0 Å². The number of carboxylic acid groups (broad SMARTS) is 1. The van der Waals surface area contributed by atoms with Crippen molar-refractivity contribution in [2.45, 2.75) is 13.1 Å². The molecule has 134 valence electrons. The lowest BCUT2D eigenvalue weighted by molar-refractivity contribution is 0.0702. The minimum atomic E-state index is -0.872. The zero-order chi connectivity index (χ0) is 18.6. The van der Waals surface area contributed by atoms with Crippen LogP contribution in [0.1, 0.15) is 20.8 Å². The number of hydrogen-bond donors (Lipinski definition) is 1. The van der Waals surface area contributed by atoms with Crippen LogP contribution in [0.3, 0.4) is 0 Å². The third-order valence-corrected chi connectivity index (χ3v) is 5.61. The number of aromatic carboxylic acids is 1. The van der Waals surface area contributed by atoms with Gasteiger partial charge in [0.1, 0.15) is 4.88 Å². The third-order valence-electron chi connectivity index (χ3n) is 4.51. The number of thiophene rings is 1. The maximum absolute atomic E-state index is 11.3. The monoisotopic (exact) mass is 373 g/mol. The van der Waals surface area contributed by atoms with E-state index >= 15 is 0 Å². The molecule has 1 N–H and O–H groups in total. The Bertz CT molecular complexity index is 1020. The van der Waals surface area contributed by atoms with Gasteiger partial charge in [0.05, 0.1) is 0 Å². The molecule has 4 aromatic rings. The highest BCUT2D eigenvalue weighted by molar-refractivity contribution is 7.20. The van der Waals surface area contributed by atoms with E-state index in [-0.39, 0.29) is 0 Å². The van der Waals surface area contributed by atoms with Gasteiger partial charge in [-0.15, -0.1) is 11.3 Å². The smallest absolute Gasteiger partial charge is 0.345 e. The van der Waals surface area contributed by atoms with Crippen molar-refractivity contribution in [2.24, 2.45) is 0 Å². The van der Waals surface area contributed by atoms with E-state index in [1.165, 1.54) is 22.5 Å². The lowest BCUT2D eigenvalue weighted by Gasteiger charge is -2.25. The van der Waals surface area contributed by atoms with Gasteiger partial charge in [0.2, 0.25) is 0 Å². The molecule has 0 unspecified atom stereocenters. The van der Waals surface area contributed by atoms with Crippen LogP contribution in [0.5, 0.6) is 0 Å². The van der Waals surface area contributed by atoms with E-state index in [9.17, 15) is 9.90 Å². The topological polar surface area (TPSA) is 40.5 Å². The molecule has 0 aliphatic carbocycles. The summed E-state index contributed by atoms with van der Waals surface area (Å²) in [5.41, 5.74) is 3.57. The van der Waals surface area contributed by atoms with E-state index in [4.69, 9.17) is 0 Å². The Morgan fingerprint density at radius 3 is 1.96 bits per heavy atom. The van der Waals surface area contributed by atoms with Crippen molar-refractivity contribution < 1.29 is 9.90 Å². The largest absolute Gasteiger partial charge is 0.477 e. The number of fused-ring (bicyclic) bond motifs is 1. The first-order valence-corrected chi connectivity index (χ1v) is 9.60. The second-order valence-corrected chi connectivity index (χ2v) is 7.55. The van der Waals surface area contributed by atoms with E-state index in [0.29, 0.717) is 4.88 Å². The Hall–Kier alpha value is -3.11. The van der Waals surface area contributed by atoms with Gasteiger partial charge in [0, 0.05) is 23.5 Å². The molecule has 0 saturated carbocycles. The molecule has 0 aliphatic rings. The number of anilines is 1. The third kappa shape index (κ3) is 4.01. The minimum absolute atomic E-state index is 0.375. The van der Waals surface area contributed by atoms with Crippen LogP contribution in [-0.2, 0) is 13.1 Å². The summed E-state index contributed by atoms with van der Waals surface area (Å²) in [6.07, 6.45) is 0. The fraction of sp³-hybridized carbons (Fsp3) is 0.0870. The van der Waals surface area contributed by atoms with Gasteiger partial charge in [-0.05, 0) is 40.8 Å². The summed E-state index contributed by atoms with van der Waals surface area (Å²) in [7, 11) is 0. The molecule has 0 bridgehead atoms. The molecule has 0 spiro atoms. The lowest BCUT2D eigenvalue weighted by Crippen LogP contribution is -2.22. The maximum Gasteiger partial charge on any atom is 0.345 e. The van der Waals surface area contributed by atoms with Crippen molar-refractivity contribution in [2.75, 3.05) is 4.90 Å². The maximum atomic E-state index is 11.3. The van der Waals surface area contributed by atoms with Crippen LogP contribution >= 0.6 is 11.3 Å². The summed E-state index contributed by atoms with van der Waals surface area (Å²) < 4.78 is 0.996. The molecule has 0 radical (unpaired) electrons. The van der Waals surface area contributed by atoms with Crippen LogP contribution in [0.2, 0.25) is 0 Å². The number of rotatable bonds is 6. The predicted octanol–water partition coefficient (Wildman–Crippen LogP) is 5.81. The van der Waals surface area contributed by atoms with E-state index in [2.05, 4.69) is 65.6 Å². The molecular weight excluding hydrogens is 354 g/mol. The normalized spacial score (nSPS) is 10.8. The minimum Gasteiger partial charge on any atom is -0.477 e. The Balaban J connectivity index is 1.70. The fourth-order valence-corrected chi connectivity index (χ4v) is 4.06. The average molecular weight is 373 g/mol. The zero-order valence-electron chi connectivity index (χ0n) is 14.7. The predicted molar refractivity (Wildman–Crippen MR) is 112 cm³/mol. The van der Waals surface area contributed by atoms with Crippen molar-refractivity contribution in [3.8, 4) is 0 Å². The van der Waals surface area contributed by atoms with E-state index in [1.54, 1.807) is 6.07 Å². The molecule has 0 aliphatic heterocycles. The molecule has 1 aromatic heterocycles. The van der Waals surface area contributed by atoms with Gasteiger partial charge in [-0.2, -0.15) is 0 Å². The molecule has 0 saturated heterocycles. The van der Waals surface area contributed by atoms with Gasteiger partial charge in [-0.25, -0.2) is 4.79 Å². The van der Waals surface area contributed by atoms with E-state index in [1.807, 2.05) is 18.2 Å². The summed E-state index contributed by atoms with van der Waals surface area (Å²) in [6, 6.07) is 28.7. The first-order chi connectivity index (χ1) is 13.2. The summed E-state index contributed by atoms with van der Waals surface area (Å²) in [6.45, 7) is 1.58. The van der Waals surface area contributed by atoms with Gasteiger partial charge in [0.15, 0.2) is 0 Å². The second kappa shape index (κ2) is 7.64. The van der Waals surface area contributed by atoms with Crippen LogP contribution in [0, 0.1) is 0 Å². The first kappa shape index (κ1) is 17.3. The molecule has 1 heterocycles. The Labute approximate surface area is 162 Å². The molecule has 0 atom stereocenters. The summed E-state index contributed by atoms with van der Waals surface area (Å²) in [4.78, 5) is 14.0. The molecule has 4 heteroatoms. The van der Waals surface area contributed by atoms with Crippen LogP contribution < -0.4 is 4.90 Å². The van der Waals surface area contributed by atoms with Crippen molar-refractivity contribution in [1.29, 1.82) is 0 Å². The zero-order valence-corrected chi connectivity index (χ0v) is 15.5. The molecular formula is C23H19NO2S. The highest BCUT2D eigenvalue weighted by atomic mass is 32.1. The van der Waals surface area contributed by atoms with Crippen molar-refractivity contribution in [3.63, 3.8) is 0 Å². The summed E-state index contributed by atoms with van der Waals surface area (Å²) >= 11 is 1.32. The van der Waals surface area contributed by atoms with Crippen LogP contribution in [0.25, 0.3) is 10.1 Å². The Kier molecular flexibility index (Phi) is 4.90. The second-order valence-electron chi connectivity index (χ2n) is 6.47. The SMILES string of the molecule is O=C(O)c1cc2cc(N(Cc3ccccc3)Cc3ccccc3)ccc2s1. The fourth-order valence-electron chi connectivity index (χ4n) is 3.18. The van der Waals surface area contributed by atoms with Gasteiger partial charge < -0.3 is 10.0 Å². The van der Waals surface area contributed by atoms with E-state index in [0.717, 1.165) is 28.9 Å². The molecule has 27 heavy (non-hydrogen) atoms. The molecule has 3 nitrogen and oxygen atoms in total. The molecule has 3 aromatic carbocycles. The van der Waals surface area contributed by atoms with Crippen molar-refractivity contribution in [1.82, 2.24) is 0 Å². The Morgan fingerprint density at radius 2 is 1.41 bits per heavy atom. The quantitative estimate of drug-likeness (QED) is 0.464. The molecule has 0 fully saturated rings. The standard InChI is InChI=1S/C23H19NO2S/c25-23(26)22-14-19-13-20(11-12-21(19)27-22)24(15-17-7-3-1-4-8-17)16-18-9-5-2-6-10-18/h1-14H,15-16H2,(H,25,26). The van der Waals surface area contributed by atoms with Crippen molar-refractivity contribution >= 4 is 33.1 Å². The summed E-state index contributed by atoms with van der Waals surface area (Å²) in [5, 5.41) is 10.2. The number of nitrogens with zero attached hydrogens (tertiary/aromatic N) is 1. The average Bonchev–Trinajstić information content (AvgIpc) is 3.13. The first-order valence-electron chi connectivity index (χ1n) is 8.79. The number of benzene rings is 3. The molecule has 4 rings (SSSR count). The van der Waals surface area contributed by atoms with Gasteiger partial charge >= 0.3 is 5.97 Å². The summed E-state index contributed by atoms with van der Waals surface area (Å²) in [5.74, 6) is -0.872. The van der Waals surface area contributed by atoms with Gasteiger partial charge in [-0.3, -0.25) is 0 Å². The highest BCUT2D eigenvalue weighted by Gasteiger charge is 2.12. The van der Waals surface area contributed by atoms with E-state index < -0.39 is 5.97 Å². The molecule has 0 amide bonds. The number of carboxylic acids is 1. The van der Waals surface area contributed by atoms with Crippen molar-refractivity contribution in [3.05, 3.63) is 101 Å². The number of hydrogen-bond acceptors (Lipinski definition) is 3.